The fourth-order valence-electron chi connectivity index (χ4n) is 5.21. The van der Waals surface area contributed by atoms with Crippen molar-refractivity contribution in [2.24, 2.45) is 0 Å². The molecule has 204 valence electrons. The maximum absolute atomic E-state index is 13.9. The highest BCUT2D eigenvalue weighted by Crippen LogP contribution is 2.40. The fraction of sp³-hybridized carbons (Fsp3) is 0.118. The van der Waals surface area contributed by atoms with E-state index in [1.165, 1.54) is 21.3 Å². The Labute approximate surface area is 237 Å². The predicted molar refractivity (Wildman–Crippen MR) is 157 cm³/mol. The van der Waals surface area contributed by atoms with Gasteiger partial charge in [-0.2, -0.15) is 0 Å². The number of imide groups is 1. The summed E-state index contributed by atoms with van der Waals surface area (Å²) in [6.07, 6.45) is 0. The molecule has 0 bridgehead atoms. The lowest BCUT2D eigenvalue weighted by atomic mass is 9.93. The molecule has 5 aromatic rings. The maximum atomic E-state index is 13.9. The zero-order chi connectivity index (χ0) is 28.5. The van der Waals surface area contributed by atoms with Crippen molar-refractivity contribution in [1.82, 2.24) is 5.06 Å². The third-order valence-electron chi connectivity index (χ3n) is 7.21. The van der Waals surface area contributed by atoms with Gasteiger partial charge in [0.05, 0.1) is 32.5 Å². The van der Waals surface area contributed by atoms with Gasteiger partial charge in [-0.05, 0) is 62.5 Å². The second kappa shape index (κ2) is 10.8. The van der Waals surface area contributed by atoms with E-state index in [9.17, 15) is 9.59 Å². The molecule has 0 spiro atoms. The van der Waals surface area contributed by atoms with Crippen molar-refractivity contribution in [2.45, 2.75) is 6.61 Å². The van der Waals surface area contributed by atoms with Gasteiger partial charge < -0.3 is 14.2 Å². The fourth-order valence-corrected chi connectivity index (χ4v) is 5.21. The number of rotatable bonds is 8. The molecule has 0 atom stereocenters. The van der Waals surface area contributed by atoms with Gasteiger partial charge in [0.15, 0.2) is 11.5 Å². The number of amides is 2. The Morgan fingerprint density at radius 1 is 0.561 bits per heavy atom. The van der Waals surface area contributed by atoms with Crippen LogP contribution in [0.2, 0.25) is 0 Å². The lowest BCUT2D eigenvalue weighted by Gasteiger charge is -2.17. The average molecular weight is 546 g/mol. The Morgan fingerprint density at radius 2 is 1.02 bits per heavy atom. The molecule has 0 fully saturated rings. The summed E-state index contributed by atoms with van der Waals surface area (Å²) in [5.41, 5.74) is 2.50. The summed E-state index contributed by atoms with van der Waals surface area (Å²) in [6.45, 7) is -0.0792. The van der Waals surface area contributed by atoms with E-state index in [4.69, 9.17) is 19.0 Å². The van der Waals surface area contributed by atoms with Gasteiger partial charge in [0.1, 0.15) is 6.61 Å². The van der Waals surface area contributed by atoms with E-state index in [0.717, 1.165) is 26.6 Å². The summed E-state index contributed by atoms with van der Waals surface area (Å²) in [7, 11) is 4.56. The van der Waals surface area contributed by atoms with E-state index in [0.29, 0.717) is 45.1 Å². The topological polar surface area (TPSA) is 74.3 Å². The molecule has 0 aliphatic carbocycles. The van der Waals surface area contributed by atoms with Gasteiger partial charge in [0, 0.05) is 0 Å². The van der Waals surface area contributed by atoms with Crippen LogP contribution in [0.25, 0.3) is 32.7 Å². The smallest absolute Gasteiger partial charge is 0.286 e. The van der Waals surface area contributed by atoms with Crippen LogP contribution >= 0.6 is 0 Å². The van der Waals surface area contributed by atoms with Crippen LogP contribution in [0.3, 0.4) is 0 Å². The van der Waals surface area contributed by atoms with Crippen molar-refractivity contribution < 1.29 is 28.6 Å². The van der Waals surface area contributed by atoms with Crippen LogP contribution in [-0.2, 0) is 21.0 Å². The molecule has 0 saturated heterocycles. The maximum Gasteiger partial charge on any atom is 0.286 e. The van der Waals surface area contributed by atoms with Crippen LogP contribution in [0.1, 0.15) is 16.7 Å². The molecular weight excluding hydrogens is 518 g/mol. The molecular formula is C34H27NO6. The molecule has 6 rings (SSSR count). The van der Waals surface area contributed by atoms with Gasteiger partial charge in [0.2, 0.25) is 5.75 Å². The molecule has 1 aliphatic rings. The molecule has 0 saturated carbocycles. The van der Waals surface area contributed by atoms with Gasteiger partial charge in [-0.3, -0.25) is 14.4 Å². The minimum atomic E-state index is -0.527. The molecule has 41 heavy (non-hydrogen) atoms. The van der Waals surface area contributed by atoms with Crippen molar-refractivity contribution in [3.63, 3.8) is 0 Å². The largest absolute Gasteiger partial charge is 0.493 e. The minimum Gasteiger partial charge on any atom is -0.493 e. The van der Waals surface area contributed by atoms with Gasteiger partial charge in [-0.15, -0.1) is 5.06 Å². The van der Waals surface area contributed by atoms with Crippen LogP contribution in [0.4, 0.5) is 0 Å². The summed E-state index contributed by atoms with van der Waals surface area (Å²) in [6, 6.07) is 30.7. The Bertz CT molecular complexity index is 1730. The Kier molecular flexibility index (Phi) is 6.87. The monoisotopic (exact) mass is 545 g/mol. The summed E-state index contributed by atoms with van der Waals surface area (Å²) >= 11 is 0. The number of carbonyl (C=O) groups excluding carboxylic acids is 2. The third kappa shape index (κ3) is 4.66. The Balaban J connectivity index is 1.41. The molecule has 1 aliphatic heterocycles. The van der Waals surface area contributed by atoms with Crippen LogP contribution in [-0.4, -0.2) is 38.2 Å². The number of nitrogens with zero attached hydrogens (tertiary/aromatic N) is 1. The number of carbonyl (C=O) groups is 2. The Morgan fingerprint density at radius 3 is 1.46 bits per heavy atom. The highest BCUT2D eigenvalue weighted by molar-refractivity contribution is 6.48. The van der Waals surface area contributed by atoms with E-state index < -0.39 is 11.8 Å². The average Bonchev–Trinajstić information content (AvgIpc) is 3.27. The first-order valence-corrected chi connectivity index (χ1v) is 13.1. The lowest BCUT2D eigenvalue weighted by molar-refractivity contribution is -0.188. The number of hydrogen-bond acceptors (Lipinski definition) is 6. The zero-order valence-electron chi connectivity index (χ0n) is 22.8. The number of ether oxygens (including phenoxy) is 3. The molecule has 0 radical (unpaired) electrons. The second-order valence-corrected chi connectivity index (χ2v) is 9.59. The molecule has 5 aromatic carbocycles. The molecule has 0 aromatic heterocycles. The number of fused-ring (bicyclic) bond motifs is 2. The molecule has 0 unspecified atom stereocenters. The number of methoxy groups -OCH3 is 3. The van der Waals surface area contributed by atoms with E-state index in [-0.39, 0.29) is 6.61 Å². The summed E-state index contributed by atoms with van der Waals surface area (Å²) in [5.74, 6) is 0.264. The number of benzene rings is 5. The quantitative estimate of drug-likeness (QED) is 0.209. The van der Waals surface area contributed by atoms with Crippen LogP contribution < -0.4 is 14.2 Å². The number of hydrogen-bond donors (Lipinski definition) is 0. The normalized spacial score (nSPS) is 13.4. The molecule has 1 heterocycles. The molecule has 7 nitrogen and oxygen atoms in total. The lowest BCUT2D eigenvalue weighted by Crippen LogP contribution is -2.31. The molecule has 7 heteroatoms. The standard InChI is InChI=1S/C34H27NO6/c1-38-28-16-21(17-29(39-2)32(28)40-3)20-41-35-33(36)30(26-14-12-22-8-4-6-10-24(22)18-26)31(34(35)37)27-15-13-23-9-5-7-11-25(23)19-27/h4-19H,20H2,1-3H3. The SMILES string of the molecule is COc1cc(CON2C(=O)C(c3ccc4ccccc4c3)=C(c3ccc4ccccc4c3)C2=O)cc(OC)c1OC. The van der Waals surface area contributed by atoms with Crippen LogP contribution in [0.15, 0.2) is 97.1 Å². The molecule has 0 N–H and O–H groups in total. The van der Waals surface area contributed by atoms with Gasteiger partial charge >= 0.3 is 0 Å². The van der Waals surface area contributed by atoms with Crippen molar-refractivity contribution in [3.8, 4) is 17.2 Å². The predicted octanol–water partition coefficient (Wildman–Crippen LogP) is 6.43. The summed E-state index contributed by atoms with van der Waals surface area (Å²) < 4.78 is 16.3. The zero-order valence-corrected chi connectivity index (χ0v) is 22.8. The van der Waals surface area contributed by atoms with Gasteiger partial charge in [-0.1, -0.05) is 72.8 Å². The first-order chi connectivity index (χ1) is 20.0. The first-order valence-electron chi connectivity index (χ1n) is 13.1. The summed E-state index contributed by atoms with van der Waals surface area (Å²) in [4.78, 5) is 33.7. The van der Waals surface area contributed by atoms with Gasteiger partial charge in [-0.25, -0.2) is 0 Å². The Hall–Kier alpha value is -5.14. The van der Waals surface area contributed by atoms with Gasteiger partial charge in [0.25, 0.3) is 11.8 Å². The third-order valence-corrected chi connectivity index (χ3v) is 7.21. The summed E-state index contributed by atoms with van der Waals surface area (Å²) in [5, 5.41) is 4.85. The highest BCUT2D eigenvalue weighted by Gasteiger charge is 2.41. The van der Waals surface area contributed by atoms with Crippen molar-refractivity contribution in [1.29, 1.82) is 0 Å². The first kappa shape index (κ1) is 26.1. The number of hydroxylamine groups is 2. The highest BCUT2D eigenvalue weighted by atomic mass is 16.7. The van der Waals surface area contributed by atoms with E-state index >= 15 is 0 Å². The van der Waals surface area contributed by atoms with Crippen LogP contribution in [0, 0.1) is 0 Å². The van der Waals surface area contributed by atoms with E-state index in [2.05, 4.69) is 0 Å². The molecule has 2 amide bonds. The van der Waals surface area contributed by atoms with Crippen LogP contribution in [0.5, 0.6) is 17.2 Å². The van der Waals surface area contributed by atoms with Crippen molar-refractivity contribution in [3.05, 3.63) is 114 Å². The minimum absolute atomic E-state index is 0.0792. The van der Waals surface area contributed by atoms with E-state index in [1.54, 1.807) is 12.1 Å². The van der Waals surface area contributed by atoms with Crippen molar-refractivity contribution in [2.75, 3.05) is 21.3 Å². The second-order valence-electron chi connectivity index (χ2n) is 9.59. The van der Waals surface area contributed by atoms with E-state index in [1.807, 2.05) is 84.9 Å². The van der Waals surface area contributed by atoms with Crippen molar-refractivity contribution >= 4 is 44.5 Å².